The first-order chi connectivity index (χ1) is 10.1. The Morgan fingerprint density at radius 1 is 1.24 bits per heavy atom. The van der Waals surface area contributed by atoms with Gasteiger partial charge in [-0.05, 0) is 25.1 Å². The molecule has 1 heterocycles. The van der Waals surface area contributed by atoms with Crippen LogP contribution in [0.3, 0.4) is 0 Å². The predicted molar refractivity (Wildman–Crippen MR) is 84.9 cm³/mol. The third kappa shape index (κ3) is 3.16. The van der Waals surface area contributed by atoms with E-state index in [0.717, 1.165) is 15.6 Å². The Hall–Kier alpha value is -1.66. The Bertz CT molecular complexity index is 634. The molecule has 112 valence electrons. The van der Waals surface area contributed by atoms with Crippen molar-refractivity contribution in [2.75, 3.05) is 21.3 Å². The van der Waals surface area contributed by atoms with Gasteiger partial charge in [0, 0.05) is 4.47 Å². The molecule has 5 nitrogen and oxygen atoms in total. The van der Waals surface area contributed by atoms with Crippen LogP contribution in [0.1, 0.15) is 22.9 Å². The number of hydrogen-bond acceptors (Lipinski definition) is 5. The number of halogens is 1. The van der Waals surface area contributed by atoms with Gasteiger partial charge >= 0.3 is 0 Å². The van der Waals surface area contributed by atoms with Crippen molar-refractivity contribution in [1.29, 1.82) is 0 Å². The molecule has 0 radical (unpaired) electrons. The first-order valence-corrected chi connectivity index (χ1v) is 7.28. The van der Waals surface area contributed by atoms with Crippen LogP contribution in [0.2, 0.25) is 0 Å². The molecule has 2 aromatic rings. The number of ether oxygens (including phenoxy) is 2. The van der Waals surface area contributed by atoms with E-state index in [9.17, 15) is 0 Å². The van der Waals surface area contributed by atoms with Gasteiger partial charge in [-0.15, -0.1) is 0 Å². The number of nitrogens with zero attached hydrogens (tertiary/aromatic N) is 2. The van der Waals surface area contributed by atoms with E-state index in [0.29, 0.717) is 17.5 Å². The average Bonchev–Trinajstić information content (AvgIpc) is 2.52. The fraction of sp³-hybridized carbons (Fsp3) is 0.333. The molecule has 0 saturated carbocycles. The molecule has 21 heavy (non-hydrogen) atoms. The molecule has 1 unspecified atom stereocenters. The topological polar surface area (TPSA) is 56.3 Å². The zero-order chi connectivity index (χ0) is 15.4. The first-order valence-electron chi connectivity index (χ1n) is 6.49. The molecule has 1 atom stereocenters. The predicted octanol–water partition coefficient (Wildman–Crippen LogP) is 2.87. The van der Waals surface area contributed by atoms with Gasteiger partial charge in [-0.25, -0.2) is 4.98 Å². The quantitative estimate of drug-likeness (QED) is 0.897. The van der Waals surface area contributed by atoms with Crippen molar-refractivity contribution < 1.29 is 9.47 Å². The van der Waals surface area contributed by atoms with Crippen molar-refractivity contribution in [2.24, 2.45) is 0 Å². The number of hydrogen-bond donors (Lipinski definition) is 1. The van der Waals surface area contributed by atoms with Crippen LogP contribution in [0.4, 0.5) is 0 Å². The summed E-state index contributed by atoms with van der Waals surface area (Å²) in [7, 11) is 5.01. The summed E-state index contributed by atoms with van der Waals surface area (Å²) in [5.74, 6) is 0.871. The highest BCUT2D eigenvalue weighted by molar-refractivity contribution is 9.10. The van der Waals surface area contributed by atoms with Crippen molar-refractivity contribution in [3.63, 3.8) is 0 Å². The second kappa shape index (κ2) is 6.87. The molecule has 0 aliphatic heterocycles. The summed E-state index contributed by atoms with van der Waals surface area (Å²) in [5.41, 5.74) is 2.95. The maximum absolute atomic E-state index is 5.35. The Balaban J connectivity index is 2.53. The van der Waals surface area contributed by atoms with E-state index in [2.05, 4.69) is 44.2 Å². The number of rotatable bonds is 5. The van der Waals surface area contributed by atoms with Gasteiger partial charge in [-0.3, -0.25) is 0 Å². The summed E-state index contributed by atoms with van der Waals surface area (Å²) in [4.78, 5) is 8.74. The minimum absolute atomic E-state index is 0.132. The minimum atomic E-state index is -0.132. The van der Waals surface area contributed by atoms with Crippen LogP contribution >= 0.6 is 15.9 Å². The van der Waals surface area contributed by atoms with Crippen LogP contribution in [0, 0.1) is 6.92 Å². The fourth-order valence-corrected chi connectivity index (χ4v) is 2.64. The summed E-state index contributed by atoms with van der Waals surface area (Å²) in [6, 6.07) is 5.98. The Morgan fingerprint density at radius 2 is 2.00 bits per heavy atom. The molecule has 1 N–H and O–H groups in total. The van der Waals surface area contributed by atoms with Gasteiger partial charge in [0.05, 0.1) is 26.5 Å². The summed E-state index contributed by atoms with van der Waals surface area (Å²) in [6.07, 6.45) is 1.59. The highest BCUT2D eigenvalue weighted by Crippen LogP contribution is 2.33. The van der Waals surface area contributed by atoms with E-state index >= 15 is 0 Å². The molecule has 1 aromatic heterocycles. The number of methoxy groups -OCH3 is 2. The van der Waals surface area contributed by atoms with E-state index in [1.54, 1.807) is 20.4 Å². The molecule has 0 aliphatic rings. The number of aryl methyl sites for hydroxylation is 1. The van der Waals surface area contributed by atoms with Crippen LogP contribution in [-0.2, 0) is 0 Å². The highest BCUT2D eigenvalue weighted by Gasteiger charge is 2.22. The third-order valence-corrected chi connectivity index (χ3v) is 4.33. The molecular formula is C15H18BrN3O2. The summed E-state index contributed by atoms with van der Waals surface area (Å²) in [6.45, 7) is 2.05. The maximum Gasteiger partial charge on any atom is 0.240 e. The van der Waals surface area contributed by atoms with Crippen molar-refractivity contribution in [1.82, 2.24) is 15.3 Å². The van der Waals surface area contributed by atoms with Gasteiger partial charge in [0.15, 0.2) is 0 Å². The molecule has 1 aromatic carbocycles. The van der Waals surface area contributed by atoms with Crippen LogP contribution in [0.5, 0.6) is 11.8 Å². The third-order valence-electron chi connectivity index (χ3n) is 3.24. The summed E-state index contributed by atoms with van der Waals surface area (Å²) < 4.78 is 11.5. The largest absolute Gasteiger partial charge is 0.480 e. The lowest BCUT2D eigenvalue weighted by Crippen LogP contribution is -2.21. The van der Waals surface area contributed by atoms with Gasteiger partial charge in [-0.2, -0.15) is 4.98 Å². The average molecular weight is 352 g/mol. The Morgan fingerprint density at radius 3 is 2.62 bits per heavy atom. The molecule has 0 aliphatic carbocycles. The molecule has 2 rings (SSSR count). The zero-order valence-corrected chi connectivity index (χ0v) is 14.1. The lowest BCUT2D eigenvalue weighted by molar-refractivity contribution is 0.353. The van der Waals surface area contributed by atoms with Crippen molar-refractivity contribution in [2.45, 2.75) is 13.0 Å². The van der Waals surface area contributed by atoms with Crippen molar-refractivity contribution in [3.05, 3.63) is 45.7 Å². The van der Waals surface area contributed by atoms with E-state index in [-0.39, 0.29) is 6.04 Å². The van der Waals surface area contributed by atoms with Gasteiger partial charge in [-0.1, -0.05) is 34.1 Å². The molecule has 0 amide bonds. The Kier molecular flexibility index (Phi) is 5.14. The Labute approximate surface area is 132 Å². The smallest absolute Gasteiger partial charge is 0.240 e. The van der Waals surface area contributed by atoms with Gasteiger partial charge in [0.25, 0.3) is 0 Å². The van der Waals surface area contributed by atoms with Crippen LogP contribution in [0.25, 0.3) is 0 Å². The first kappa shape index (κ1) is 15.7. The van der Waals surface area contributed by atoms with Crippen LogP contribution in [0.15, 0.2) is 28.9 Å². The number of benzene rings is 1. The molecule has 0 fully saturated rings. The van der Waals surface area contributed by atoms with Gasteiger partial charge in [0.2, 0.25) is 11.8 Å². The summed E-state index contributed by atoms with van der Waals surface area (Å²) >= 11 is 3.64. The van der Waals surface area contributed by atoms with Crippen LogP contribution < -0.4 is 14.8 Å². The fourth-order valence-electron chi connectivity index (χ4n) is 2.15. The normalized spacial score (nSPS) is 12.0. The van der Waals surface area contributed by atoms with E-state index in [1.807, 2.05) is 19.2 Å². The zero-order valence-electron chi connectivity index (χ0n) is 12.5. The lowest BCUT2D eigenvalue weighted by atomic mass is 10.0. The molecular weight excluding hydrogens is 334 g/mol. The van der Waals surface area contributed by atoms with Gasteiger partial charge in [0.1, 0.15) is 5.69 Å². The van der Waals surface area contributed by atoms with Crippen molar-refractivity contribution in [3.8, 4) is 11.8 Å². The molecule has 0 saturated heterocycles. The molecule has 0 spiro atoms. The monoisotopic (exact) mass is 351 g/mol. The second-order valence-corrected chi connectivity index (χ2v) is 5.30. The highest BCUT2D eigenvalue weighted by atomic mass is 79.9. The van der Waals surface area contributed by atoms with E-state index in [4.69, 9.17) is 9.47 Å². The molecule has 0 bridgehead atoms. The standard InChI is InChI=1S/C15H18BrN3O2/c1-9-6-5-7-10(12(9)16)13(17-2)14-15(21-4)19-11(20-3)8-18-14/h5-8,13,17H,1-4H3. The minimum Gasteiger partial charge on any atom is -0.480 e. The SMILES string of the molecule is CNC(c1cccc(C)c1Br)c1ncc(OC)nc1OC. The summed E-state index contributed by atoms with van der Waals surface area (Å²) in [5, 5.41) is 3.26. The molecule has 6 heteroatoms. The van der Waals surface area contributed by atoms with E-state index < -0.39 is 0 Å². The van der Waals surface area contributed by atoms with Crippen LogP contribution in [-0.4, -0.2) is 31.2 Å². The van der Waals surface area contributed by atoms with Crippen molar-refractivity contribution >= 4 is 15.9 Å². The second-order valence-electron chi connectivity index (χ2n) is 4.51. The van der Waals surface area contributed by atoms with E-state index in [1.165, 1.54) is 0 Å². The lowest BCUT2D eigenvalue weighted by Gasteiger charge is -2.20. The number of nitrogens with one attached hydrogen (secondary N) is 1. The van der Waals surface area contributed by atoms with Gasteiger partial charge < -0.3 is 14.8 Å². The maximum atomic E-state index is 5.35. The number of aromatic nitrogens is 2.